The van der Waals surface area contributed by atoms with Crippen LogP contribution in [-0.2, 0) is 11.2 Å². The van der Waals surface area contributed by atoms with Crippen molar-refractivity contribution in [3.05, 3.63) is 29.3 Å². The predicted octanol–water partition coefficient (Wildman–Crippen LogP) is 4.26. The Bertz CT molecular complexity index is 742. The number of rotatable bonds is 8. The number of hydrogen-bond donors (Lipinski definition) is 0. The lowest BCUT2D eigenvalue weighted by atomic mass is 10.0. The number of nitrogens with zero attached hydrogens (tertiary/aromatic N) is 2. The number of hydrogen-bond acceptors (Lipinski definition) is 5. The van der Waals surface area contributed by atoms with E-state index in [9.17, 15) is 4.79 Å². The Hall–Kier alpha value is -2.08. The van der Waals surface area contributed by atoms with E-state index in [-0.39, 0.29) is 11.9 Å². The van der Waals surface area contributed by atoms with Crippen LogP contribution in [0.15, 0.2) is 23.6 Å². The second kappa shape index (κ2) is 9.03. The van der Waals surface area contributed by atoms with Gasteiger partial charge in [-0.15, -0.1) is 11.3 Å². The molecule has 0 spiro atoms. The highest BCUT2D eigenvalue weighted by molar-refractivity contribution is 7.13. The van der Waals surface area contributed by atoms with Gasteiger partial charge in [-0.1, -0.05) is 13.8 Å². The van der Waals surface area contributed by atoms with Crippen molar-refractivity contribution in [2.45, 2.75) is 39.7 Å². The van der Waals surface area contributed by atoms with Crippen molar-refractivity contribution in [3.8, 4) is 22.1 Å². The van der Waals surface area contributed by atoms with Crippen LogP contribution in [0.3, 0.4) is 0 Å². The van der Waals surface area contributed by atoms with E-state index in [4.69, 9.17) is 9.47 Å². The van der Waals surface area contributed by atoms with Crippen LogP contribution >= 0.6 is 11.3 Å². The normalized spacial score (nSPS) is 12.1. The summed E-state index contributed by atoms with van der Waals surface area (Å²) in [5.41, 5.74) is 1.75. The third-order valence-electron chi connectivity index (χ3n) is 4.38. The van der Waals surface area contributed by atoms with Crippen molar-refractivity contribution >= 4 is 17.2 Å². The minimum absolute atomic E-state index is 0.0994. The Morgan fingerprint density at radius 3 is 2.50 bits per heavy atom. The van der Waals surface area contributed by atoms with Gasteiger partial charge in [0.2, 0.25) is 5.91 Å². The van der Waals surface area contributed by atoms with Gasteiger partial charge in [-0.3, -0.25) is 4.79 Å². The van der Waals surface area contributed by atoms with E-state index >= 15 is 0 Å². The molecule has 0 radical (unpaired) electrons. The quantitative estimate of drug-likeness (QED) is 0.691. The van der Waals surface area contributed by atoms with Crippen LogP contribution in [0.5, 0.6) is 11.5 Å². The van der Waals surface area contributed by atoms with Gasteiger partial charge < -0.3 is 14.4 Å². The van der Waals surface area contributed by atoms with Crippen LogP contribution in [0.2, 0.25) is 0 Å². The molecule has 0 saturated carbocycles. The van der Waals surface area contributed by atoms with Crippen LogP contribution in [0, 0.1) is 5.92 Å². The van der Waals surface area contributed by atoms with Crippen LogP contribution in [-0.4, -0.2) is 43.1 Å². The fourth-order valence-electron chi connectivity index (χ4n) is 2.86. The molecule has 0 N–H and O–H groups in total. The second-order valence-corrected chi connectivity index (χ2v) is 7.73. The van der Waals surface area contributed by atoms with Gasteiger partial charge in [0.15, 0.2) is 11.5 Å². The van der Waals surface area contributed by atoms with Gasteiger partial charge in [-0.25, -0.2) is 4.98 Å². The maximum atomic E-state index is 12.5. The lowest BCUT2D eigenvalue weighted by molar-refractivity contribution is -0.131. The van der Waals surface area contributed by atoms with Gasteiger partial charge in [0.1, 0.15) is 5.01 Å². The molecule has 1 amide bonds. The number of ether oxygens (including phenoxy) is 2. The molecule has 2 rings (SSSR count). The summed E-state index contributed by atoms with van der Waals surface area (Å²) in [4.78, 5) is 19.0. The Morgan fingerprint density at radius 1 is 1.19 bits per heavy atom. The van der Waals surface area contributed by atoms with E-state index in [1.807, 2.05) is 35.5 Å². The van der Waals surface area contributed by atoms with E-state index in [0.717, 1.165) is 22.7 Å². The number of carbonyl (C=O) groups is 1. The Morgan fingerprint density at radius 2 is 1.88 bits per heavy atom. The summed E-state index contributed by atoms with van der Waals surface area (Å²) < 4.78 is 10.6. The van der Waals surface area contributed by atoms with Gasteiger partial charge in [-0.05, 0) is 37.5 Å². The number of carbonyl (C=O) groups excluding carboxylic acids is 1. The maximum Gasteiger partial charge on any atom is 0.228 e. The maximum absolute atomic E-state index is 12.5. The van der Waals surface area contributed by atoms with Crippen molar-refractivity contribution in [1.29, 1.82) is 0 Å². The van der Waals surface area contributed by atoms with Crippen LogP contribution < -0.4 is 9.47 Å². The Labute approximate surface area is 160 Å². The first-order chi connectivity index (χ1) is 12.3. The van der Waals surface area contributed by atoms with Crippen molar-refractivity contribution in [2.75, 3.05) is 21.3 Å². The highest BCUT2D eigenvalue weighted by Crippen LogP contribution is 2.33. The zero-order valence-corrected chi connectivity index (χ0v) is 17.2. The fraction of sp³-hybridized carbons (Fsp3) is 0.500. The number of methoxy groups -OCH3 is 2. The molecular weight excluding hydrogens is 348 g/mol. The van der Waals surface area contributed by atoms with E-state index in [0.29, 0.717) is 23.8 Å². The largest absolute Gasteiger partial charge is 0.493 e. The highest BCUT2D eigenvalue weighted by Gasteiger charge is 2.18. The minimum atomic E-state index is 0.0994. The highest BCUT2D eigenvalue weighted by atomic mass is 32.1. The summed E-state index contributed by atoms with van der Waals surface area (Å²) in [6, 6.07) is 5.94. The lowest BCUT2D eigenvalue weighted by Gasteiger charge is -2.26. The summed E-state index contributed by atoms with van der Waals surface area (Å²) in [5.74, 6) is 2.02. The van der Waals surface area contributed by atoms with Gasteiger partial charge in [0, 0.05) is 24.0 Å². The first-order valence-electron chi connectivity index (χ1n) is 8.78. The standard InChI is InChI=1S/C20H28N2O3S/c1-13(2)9-14(3)22(4)19(23)11-16-12-26-20(21-16)15-7-8-17(24-5)18(10-15)25-6/h7-8,10,12-14H,9,11H2,1-6H3. The topological polar surface area (TPSA) is 51.7 Å². The molecule has 1 aromatic carbocycles. The number of thiazole rings is 1. The van der Waals surface area contributed by atoms with Crippen molar-refractivity contribution < 1.29 is 14.3 Å². The molecule has 0 saturated heterocycles. The summed E-state index contributed by atoms with van der Waals surface area (Å²) in [6.45, 7) is 6.43. The average Bonchev–Trinajstić information content (AvgIpc) is 3.08. The monoisotopic (exact) mass is 376 g/mol. The van der Waals surface area contributed by atoms with Crippen LogP contribution in [0.1, 0.15) is 32.9 Å². The number of amides is 1. The lowest BCUT2D eigenvalue weighted by Crippen LogP contribution is -2.36. The van der Waals surface area contributed by atoms with Gasteiger partial charge in [-0.2, -0.15) is 0 Å². The van der Waals surface area contributed by atoms with E-state index in [1.54, 1.807) is 14.2 Å². The third-order valence-corrected chi connectivity index (χ3v) is 5.32. The molecule has 0 fully saturated rings. The molecule has 1 aromatic heterocycles. The molecule has 0 aliphatic rings. The SMILES string of the molecule is COc1ccc(-c2nc(CC(=O)N(C)C(C)CC(C)C)cs2)cc1OC. The molecule has 0 aliphatic carbocycles. The summed E-state index contributed by atoms with van der Waals surface area (Å²) in [6.07, 6.45) is 1.32. The van der Waals surface area contributed by atoms with E-state index in [1.165, 1.54) is 11.3 Å². The zero-order valence-electron chi connectivity index (χ0n) is 16.4. The first kappa shape index (κ1) is 20.2. The predicted molar refractivity (Wildman–Crippen MR) is 106 cm³/mol. The second-order valence-electron chi connectivity index (χ2n) is 6.87. The van der Waals surface area contributed by atoms with E-state index in [2.05, 4.69) is 25.8 Å². The zero-order chi connectivity index (χ0) is 19.3. The molecule has 6 heteroatoms. The number of likely N-dealkylation sites (N-methyl/N-ethyl adjacent to an activating group) is 1. The van der Waals surface area contributed by atoms with Gasteiger partial charge >= 0.3 is 0 Å². The van der Waals surface area contributed by atoms with Crippen LogP contribution in [0.4, 0.5) is 0 Å². The minimum Gasteiger partial charge on any atom is -0.493 e. The molecular formula is C20H28N2O3S. The summed E-state index contributed by atoms with van der Waals surface area (Å²) in [7, 11) is 5.10. The molecule has 26 heavy (non-hydrogen) atoms. The molecule has 2 aromatic rings. The van der Waals surface area contributed by atoms with Gasteiger partial charge in [0.05, 0.1) is 26.3 Å². The molecule has 5 nitrogen and oxygen atoms in total. The summed E-state index contributed by atoms with van der Waals surface area (Å²) >= 11 is 1.53. The number of benzene rings is 1. The Kier molecular flexibility index (Phi) is 7.03. The molecule has 1 heterocycles. The van der Waals surface area contributed by atoms with E-state index < -0.39 is 0 Å². The molecule has 0 aliphatic heterocycles. The smallest absolute Gasteiger partial charge is 0.228 e. The fourth-order valence-corrected chi connectivity index (χ4v) is 3.67. The molecule has 142 valence electrons. The molecule has 1 unspecified atom stereocenters. The van der Waals surface area contributed by atoms with Crippen LogP contribution in [0.25, 0.3) is 10.6 Å². The van der Waals surface area contributed by atoms with Crippen molar-refractivity contribution in [3.63, 3.8) is 0 Å². The molecule has 0 bridgehead atoms. The third kappa shape index (κ3) is 4.97. The van der Waals surface area contributed by atoms with Crippen molar-refractivity contribution in [2.24, 2.45) is 5.92 Å². The first-order valence-corrected chi connectivity index (χ1v) is 9.66. The number of aromatic nitrogens is 1. The van der Waals surface area contributed by atoms with Gasteiger partial charge in [0.25, 0.3) is 0 Å². The van der Waals surface area contributed by atoms with Crippen molar-refractivity contribution in [1.82, 2.24) is 9.88 Å². The molecule has 1 atom stereocenters. The Balaban J connectivity index is 2.09. The average molecular weight is 377 g/mol. The summed E-state index contributed by atoms with van der Waals surface area (Å²) in [5, 5.41) is 2.82.